The third-order valence-corrected chi connectivity index (χ3v) is 3.87. The lowest BCUT2D eigenvalue weighted by Gasteiger charge is -2.09. The van der Waals surface area contributed by atoms with Crippen LogP contribution in [-0.2, 0) is 0 Å². The number of aryl methyl sites for hydroxylation is 2. The molecule has 0 saturated carbocycles. The molecule has 1 aromatic carbocycles. The van der Waals surface area contributed by atoms with Crippen LogP contribution in [-0.4, -0.2) is 9.97 Å². The summed E-state index contributed by atoms with van der Waals surface area (Å²) in [4.78, 5) is 8.79. The smallest absolute Gasteiger partial charge is 0.162 e. The van der Waals surface area contributed by atoms with E-state index in [1.807, 2.05) is 19.1 Å². The zero-order chi connectivity index (χ0) is 12.6. The molecule has 0 amide bonds. The fraction of sp³-hybridized carbons (Fsp3) is 0.231. The number of anilines is 1. The Morgan fingerprint density at radius 2 is 1.82 bits per heavy atom. The quantitative estimate of drug-likeness (QED) is 0.876. The van der Waals surface area contributed by atoms with E-state index < -0.39 is 0 Å². The van der Waals surface area contributed by atoms with Crippen LogP contribution in [0.15, 0.2) is 22.7 Å². The van der Waals surface area contributed by atoms with Crippen molar-refractivity contribution in [3.05, 3.63) is 39.5 Å². The van der Waals surface area contributed by atoms with Crippen molar-refractivity contribution < 1.29 is 0 Å². The van der Waals surface area contributed by atoms with Crippen LogP contribution in [0.2, 0.25) is 0 Å². The van der Waals surface area contributed by atoms with E-state index in [1.165, 1.54) is 11.1 Å². The number of nitrogens with two attached hydrogens (primary N) is 1. The van der Waals surface area contributed by atoms with Crippen LogP contribution in [0.1, 0.15) is 16.8 Å². The molecule has 0 radical (unpaired) electrons. The second-order valence-electron chi connectivity index (χ2n) is 4.08. The molecule has 0 aliphatic carbocycles. The summed E-state index contributed by atoms with van der Waals surface area (Å²) in [5.74, 6) is 1.16. The number of benzene rings is 1. The maximum atomic E-state index is 5.85. The predicted molar refractivity (Wildman–Crippen MR) is 73.8 cm³/mol. The van der Waals surface area contributed by atoms with Crippen LogP contribution < -0.4 is 5.73 Å². The van der Waals surface area contributed by atoms with Gasteiger partial charge in [-0.1, -0.05) is 18.2 Å². The van der Waals surface area contributed by atoms with Gasteiger partial charge in [-0.15, -0.1) is 0 Å². The van der Waals surface area contributed by atoms with Gasteiger partial charge in [-0.25, -0.2) is 9.97 Å². The Hall–Kier alpha value is -1.42. The average molecular weight is 292 g/mol. The molecular weight excluding hydrogens is 278 g/mol. The van der Waals surface area contributed by atoms with Gasteiger partial charge >= 0.3 is 0 Å². The summed E-state index contributed by atoms with van der Waals surface area (Å²) in [7, 11) is 0. The van der Waals surface area contributed by atoms with E-state index in [0.29, 0.717) is 11.6 Å². The number of hydrogen-bond acceptors (Lipinski definition) is 3. The zero-order valence-electron chi connectivity index (χ0n) is 10.1. The van der Waals surface area contributed by atoms with Crippen molar-refractivity contribution in [1.82, 2.24) is 9.97 Å². The third-order valence-electron chi connectivity index (χ3n) is 2.89. The van der Waals surface area contributed by atoms with Crippen LogP contribution in [0.25, 0.3) is 11.4 Å². The molecule has 88 valence electrons. The molecular formula is C13H14BrN3. The van der Waals surface area contributed by atoms with Gasteiger partial charge in [0.25, 0.3) is 0 Å². The fourth-order valence-electron chi connectivity index (χ4n) is 1.70. The summed E-state index contributed by atoms with van der Waals surface area (Å²) in [5, 5.41) is 0. The summed E-state index contributed by atoms with van der Waals surface area (Å²) < 4.78 is 0.770. The molecule has 0 fully saturated rings. The van der Waals surface area contributed by atoms with Gasteiger partial charge in [0.05, 0.1) is 10.2 Å². The maximum absolute atomic E-state index is 5.85. The van der Waals surface area contributed by atoms with Crippen molar-refractivity contribution in [2.75, 3.05) is 5.73 Å². The molecule has 2 rings (SSSR count). The van der Waals surface area contributed by atoms with Gasteiger partial charge in [0.2, 0.25) is 0 Å². The highest BCUT2D eigenvalue weighted by atomic mass is 79.9. The SMILES string of the molecule is Cc1cccc(-c2nc(C)c(Br)c(N)n2)c1C. The minimum absolute atomic E-state index is 0.480. The standard InChI is InChI=1S/C13H14BrN3/c1-7-5-4-6-10(8(7)2)13-16-9(3)11(14)12(15)17-13/h4-6H,1-3H3,(H2,15,16,17). The van der Waals surface area contributed by atoms with Crippen LogP contribution in [0.5, 0.6) is 0 Å². The molecule has 17 heavy (non-hydrogen) atoms. The molecule has 0 aliphatic heterocycles. The molecule has 0 saturated heterocycles. The molecule has 1 aromatic heterocycles. The minimum atomic E-state index is 0.480. The van der Waals surface area contributed by atoms with Gasteiger partial charge in [0.15, 0.2) is 5.82 Å². The predicted octanol–water partition coefficient (Wildman–Crippen LogP) is 3.41. The van der Waals surface area contributed by atoms with E-state index in [4.69, 9.17) is 5.73 Å². The topological polar surface area (TPSA) is 51.8 Å². The summed E-state index contributed by atoms with van der Waals surface area (Å²) in [6, 6.07) is 6.10. The van der Waals surface area contributed by atoms with Crippen LogP contribution >= 0.6 is 15.9 Å². The monoisotopic (exact) mass is 291 g/mol. The van der Waals surface area contributed by atoms with Crippen molar-refractivity contribution in [2.45, 2.75) is 20.8 Å². The summed E-state index contributed by atoms with van der Waals surface area (Å²) in [6.45, 7) is 6.06. The maximum Gasteiger partial charge on any atom is 0.162 e. The van der Waals surface area contributed by atoms with E-state index in [2.05, 4.69) is 45.8 Å². The van der Waals surface area contributed by atoms with Gasteiger partial charge in [-0.3, -0.25) is 0 Å². The van der Waals surface area contributed by atoms with Gasteiger partial charge < -0.3 is 5.73 Å². The summed E-state index contributed by atoms with van der Waals surface area (Å²) in [5.41, 5.74) is 10.2. The molecule has 0 unspecified atom stereocenters. The van der Waals surface area contributed by atoms with E-state index in [0.717, 1.165) is 15.7 Å². The molecule has 2 aromatic rings. The Morgan fingerprint density at radius 3 is 2.47 bits per heavy atom. The fourth-order valence-corrected chi connectivity index (χ4v) is 1.87. The molecule has 1 heterocycles. The first-order valence-electron chi connectivity index (χ1n) is 5.37. The van der Waals surface area contributed by atoms with E-state index in [-0.39, 0.29) is 0 Å². The molecule has 0 atom stereocenters. The van der Waals surface area contributed by atoms with Crippen LogP contribution in [0, 0.1) is 20.8 Å². The van der Waals surface area contributed by atoms with Crippen molar-refractivity contribution >= 4 is 21.7 Å². The molecule has 0 spiro atoms. The second kappa shape index (κ2) is 4.45. The number of aromatic nitrogens is 2. The number of rotatable bonds is 1. The Kier molecular flexibility index (Phi) is 3.15. The van der Waals surface area contributed by atoms with E-state index in [9.17, 15) is 0 Å². The van der Waals surface area contributed by atoms with E-state index in [1.54, 1.807) is 0 Å². The highest BCUT2D eigenvalue weighted by Crippen LogP contribution is 2.27. The first kappa shape index (κ1) is 12.0. The molecule has 2 N–H and O–H groups in total. The largest absolute Gasteiger partial charge is 0.383 e. The van der Waals surface area contributed by atoms with E-state index >= 15 is 0 Å². The first-order valence-corrected chi connectivity index (χ1v) is 6.16. The zero-order valence-corrected chi connectivity index (χ0v) is 11.7. The summed E-state index contributed by atoms with van der Waals surface area (Å²) >= 11 is 3.37. The lowest BCUT2D eigenvalue weighted by Crippen LogP contribution is -2.01. The van der Waals surface area contributed by atoms with Gasteiger partial charge in [-0.2, -0.15) is 0 Å². The normalized spacial score (nSPS) is 10.6. The Balaban J connectivity index is 2.65. The Bertz CT molecular complexity index is 556. The number of halogens is 1. The third kappa shape index (κ3) is 2.17. The van der Waals surface area contributed by atoms with Gasteiger partial charge in [0, 0.05) is 5.56 Å². The van der Waals surface area contributed by atoms with Crippen molar-refractivity contribution in [1.29, 1.82) is 0 Å². The van der Waals surface area contributed by atoms with Gasteiger partial charge in [0.1, 0.15) is 5.82 Å². The van der Waals surface area contributed by atoms with Crippen molar-refractivity contribution in [3.63, 3.8) is 0 Å². The van der Waals surface area contributed by atoms with Gasteiger partial charge in [-0.05, 0) is 47.8 Å². The summed E-state index contributed by atoms with van der Waals surface area (Å²) in [6.07, 6.45) is 0. The van der Waals surface area contributed by atoms with Crippen LogP contribution in [0.3, 0.4) is 0 Å². The van der Waals surface area contributed by atoms with Crippen molar-refractivity contribution in [3.8, 4) is 11.4 Å². The number of hydrogen-bond donors (Lipinski definition) is 1. The Labute approximate surface area is 109 Å². The first-order chi connectivity index (χ1) is 8.00. The molecule has 0 aliphatic rings. The average Bonchev–Trinajstić information content (AvgIpc) is 2.29. The molecule has 4 heteroatoms. The lowest BCUT2D eigenvalue weighted by atomic mass is 10.0. The lowest BCUT2D eigenvalue weighted by molar-refractivity contribution is 1.09. The van der Waals surface area contributed by atoms with Crippen LogP contribution in [0.4, 0.5) is 5.82 Å². The number of nitrogen functional groups attached to an aromatic ring is 1. The molecule has 0 bridgehead atoms. The number of nitrogens with zero attached hydrogens (tertiary/aromatic N) is 2. The minimum Gasteiger partial charge on any atom is -0.383 e. The van der Waals surface area contributed by atoms with Crippen molar-refractivity contribution in [2.24, 2.45) is 0 Å². The highest BCUT2D eigenvalue weighted by Gasteiger charge is 2.10. The Morgan fingerprint density at radius 1 is 1.12 bits per heavy atom. The second-order valence-corrected chi connectivity index (χ2v) is 4.87. The molecule has 3 nitrogen and oxygen atoms in total. The highest BCUT2D eigenvalue weighted by molar-refractivity contribution is 9.10.